The van der Waals surface area contributed by atoms with Crippen molar-refractivity contribution in [3.05, 3.63) is 74.8 Å². The zero-order chi connectivity index (χ0) is 20.1. The predicted octanol–water partition coefficient (Wildman–Crippen LogP) is 3.84. The van der Waals surface area contributed by atoms with Gasteiger partial charge in [-0.3, -0.25) is 19.7 Å². The molecular weight excluding hydrogens is 384 g/mol. The van der Waals surface area contributed by atoms with Crippen molar-refractivity contribution in [2.24, 2.45) is 5.92 Å². The number of carbonyl (C=O) groups is 2. The SMILES string of the molecule is O=C(OCc1ccccc1[N+](=O)[O-])C1CCN(C(=O)c2ccc(Cl)cc2)CC1. The summed E-state index contributed by atoms with van der Waals surface area (Å²) >= 11 is 5.84. The molecule has 1 saturated heterocycles. The maximum atomic E-state index is 12.5. The van der Waals surface area contributed by atoms with Gasteiger partial charge in [0.2, 0.25) is 0 Å². The van der Waals surface area contributed by atoms with Crippen LogP contribution in [0, 0.1) is 16.0 Å². The van der Waals surface area contributed by atoms with Gasteiger partial charge >= 0.3 is 5.97 Å². The molecule has 0 spiro atoms. The Labute approximate surface area is 167 Å². The number of carbonyl (C=O) groups excluding carboxylic acids is 2. The lowest BCUT2D eigenvalue weighted by molar-refractivity contribution is -0.385. The topological polar surface area (TPSA) is 89.8 Å². The van der Waals surface area contributed by atoms with E-state index in [-0.39, 0.29) is 24.1 Å². The first-order chi connectivity index (χ1) is 13.5. The molecule has 1 aliphatic heterocycles. The van der Waals surface area contributed by atoms with Crippen LogP contribution in [0.3, 0.4) is 0 Å². The summed E-state index contributed by atoms with van der Waals surface area (Å²) < 4.78 is 5.29. The van der Waals surface area contributed by atoms with Gasteiger partial charge in [0.15, 0.2) is 0 Å². The number of piperidine rings is 1. The fourth-order valence-electron chi connectivity index (χ4n) is 3.17. The predicted molar refractivity (Wildman–Crippen MR) is 103 cm³/mol. The summed E-state index contributed by atoms with van der Waals surface area (Å²) in [6, 6.07) is 12.9. The van der Waals surface area contributed by atoms with Crippen LogP contribution >= 0.6 is 11.6 Å². The molecule has 8 heteroatoms. The van der Waals surface area contributed by atoms with Crippen LogP contribution < -0.4 is 0 Å². The van der Waals surface area contributed by atoms with Crippen LogP contribution in [0.1, 0.15) is 28.8 Å². The van der Waals surface area contributed by atoms with Gasteiger partial charge in [-0.1, -0.05) is 23.7 Å². The molecule has 2 aromatic rings. The highest BCUT2D eigenvalue weighted by atomic mass is 35.5. The Bertz CT molecular complexity index is 876. The number of hydrogen-bond acceptors (Lipinski definition) is 5. The minimum Gasteiger partial charge on any atom is -0.460 e. The van der Waals surface area contributed by atoms with Gasteiger partial charge in [0.25, 0.3) is 11.6 Å². The second-order valence-corrected chi connectivity index (χ2v) is 7.00. The number of rotatable bonds is 5. The van der Waals surface area contributed by atoms with Gasteiger partial charge in [0.1, 0.15) is 6.61 Å². The monoisotopic (exact) mass is 402 g/mol. The molecule has 0 bridgehead atoms. The largest absolute Gasteiger partial charge is 0.460 e. The minimum absolute atomic E-state index is 0.0707. The maximum Gasteiger partial charge on any atom is 0.309 e. The Balaban J connectivity index is 1.52. The molecular formula is C20H19ClN2O5. The number of esters is 1. The second kappa shape index (κ2) is 8.84. The fraction of sp³-hybridized carbons (Fsp3) is 0.300. The highest BCUT2D eigenvalue weighted by Crippen LogP contribution is 2.23. The summed E-state index contributed by atoms with van der Waals surface area (Å²) in [6.07, 6.45) is 0.990. The van der Waals surface area contributed by atoms with Crippen LogP contribution in [-0.2, 0) is 16.1 Å². The molecule has 7 nitrogen and oxygen atoms in total. The quantitative estimate of drug-likeness (QED) is 0.430. The van der Waals surface area contributed by atoms with Gasteiger partial charge in [-0.05, 0) is 43.2 Å². The van der Waals surface area contributed by atoms with Crippen molar-refractivity contribution in [2.45, 2.75) is 19.4 Å². The van der Waals surface area contributed by atoms with Crippen molar-refractivity contribution >= 4 is 29.2 Å². The van der Waals surface area contributed by atoms with Crippen molar-refractivity contribution in [3.8, 4) is 0 Å². The molecule has 0 N–H and O–H groups in total. The summed E-state index contributed by atoms with van der Waals surface area (Å²) in [4.78, 5) is 37.1. The molecule has 3 rings (SSSR count). The average Bonchev–Trinajstić information content (AvgIpc) is 2.72. The van der Waals surface area contributed by atoms with Crippen molar-refractivity contribution in [1.82, 2.24) is 4.90 Å². The zero-order valence-corrected chi connectivity index (χ0v) is 15.8. The van der Waals surface area contributed by atoms with Crippen LogP contribution in [0.25, 0.3) is 0 Å². The molecule has 146 valence electrons. The number of likely N-dealkylation sites (tertiary alicyclic amines) is 1. The number of benzene rings is 2. The number of para-hydroxylation sites is 1. The van der Waals surface area contributed by atoms with Gasteiger partial charge in [-0.2, -0.15) is 0 Å². The fourth-order valence-corrected chi connectivity index (χ4v) is 3.30. The number of nitro groups is 1. The van der Waals surface area contributed by atoms with Gasteiger partial charge in [-0.25, -0.2) is 0 Å². The molecule has 1 fully saturated rings. The van der Waals surface area contributed by atoms with E-state index < -0.39 is 10.9 Å². The molecule has 1 aliphatic rings. The highest BCUT2D eigenvalue weighted by Gasteiger charge is 2.29. The number of halogens is 1. The summed E-state index contributed by atoms with van der Waals surface area (Å²) in [5.74, 6) is -0.808. The Kier molecular flexibility index (Phi) is 6.26. The van der Waals surface area contributed by atoms with Crippen molar-refractivity contribution in [2.75, 3.05) is 13.1 Å². The van der Waals surface area contributed by atoms with E-state index in [4.69, 9.17) is 16.3 Å². The van der Waals surface area contributed by atoms with Crippen LogP contribution in [-0.4, -0.2) is 34.8 Å². The van der Waals surface area contributed by atoms with E-state index in [9.17, 15) is 19.7 Å². The van der Waals surface area contributed by atoms with Gasteiger partial charge in [0, 0.05) is 29.7 Å². The Morgan fingerprint density at radius 2 is 1.75 bits per heavy atom. The summed E-state index contributed by atoms with van der Waals surface area (Å²) in [5.41, 5.74) is 0.844. The molecule has 0 atom stereocenters. The molecule has 0 saturated carbocycles. The molecule has 1 heterocycles. The van der Waals surface area contributed by atoms with E-state index in [0.29, 0.717) is 42.1 Å². The molecule has 28 heavy (non-hydrogen) atoms. The van der Waals surface area contributed by atoms with Crippen molar-refractivity contribution in [1.29, 1.82) is 0 Å². The number of nitrogens with zero attached hydrogens (tertiary/aromatic N) is 2. The third-order valence-electron chi connectivity index (χ3n) is 4.76. The van der Waals surface area contributed by atoms with Gasteiger partial charge < -0.3 is 9.64 Å². The van der Waals surface area contributed by atoms with E-state index in [1.54, 1.807) is 47.4 Å². The molecule has 0 radical (unpaired) electrons. The van der Waals surface area contributed by atoms with E-state index in [2.05, 4.69) is 0 Å². The lowest BCUT2D eigenvalue weighted by atomic mass is 9.96. The smallest absolute Gasteiger partial charge is 0.309 e. The summed E-state index contributed by atoms with van der Waals surface area (Å²) in [5, 5.41) is 11.6. The lowest BCUT2D eigenvalue weighted by Gasteiger charge is -2.31. The summed E-state index contributed by atoms with van der Waals surface area (Å²) in [6.45, 7) is 0.763. The number of amides is 1. The third kappa shape index (κ3) is 4.67. The normalized spacial score (nSPS) is 14.5. The molecule has 0 aromatic heterocycles. The standard InChI is InChI=1S/C20H19ClN2O5/c21-17-7-5-14(6-8-17)19(24)22-11-9-15(10-12-22)20(25)28-13-16-3-1-2-4-18(16)23(26)27/h1-8,15H,9-13H2. The van der Waals surface area contributed by atoms with Gasteiger partial charge in [0.05, 0.1) is 16.4 Å². The van der Waals surface area contributed by atoms with Crippen LogP contribution in [0.4, 0.5) is 5.69 Å². The average molecular weight is 403 g/mol. The lowest BCUT2D eigenvalue weighted by Crippen LogP contribution is -2.40. The van der Waals surface area contributed by atoms with Crippen LogP contribution in [0.15, 0.2) is 48.5 Å². The molecule has 1 amide bonds. The van der Waals surface area contributed by atoms with Crippen molar-refractivity contribution in [3.63, 3.8) is 0 Å². The summed E-state index contributed by atoms with van der Waals surface area (Å²) in [7, 11) is 0. The third-order valence-corrected chi connectivity index (χ3v) is 5.02. The van der Waals surface area contributed by atoms with E-state index in [0.717, 1.165) is 0 Å². The molecule has 0 unspecified atom stereocenters. The second-order valence-electron chi connectivity index (χ2n) is 6.57. The minimum atomic E-state index is -0.496. The van der Waals surface area contributed by atoms with Gasteiger partial charge in [-0.15, -0.1) is 0 Å². The highest BCUT2D eigenvalue weighted by molar-refractivity contribution is 6.30. The van der Waals surface area contributed by atoms with E-state index in [1.807, 2.05) is 0 Å². The number of nitro benzene ring substituents is 1. The molecule has 2 aromatic carbocycles. The first-order valence-corrected chi connectivity index (χ1v) is 9.27. The zero-order valence-electron chi connectivity index (χ0n) is 15.0. The Morgan fingerprint density at radius 3 is 2.39 bits per heavy atom. The first kappa shape index (κ1) is 19.8. The number of hydrogen-bond donors (Lipinski definition) is 0. The first-order valence-electron chi connectivity index (χ1n) is 8.89. The van der Waals surface area contributed by atoms with Crippen LogP contribution in [0.5, 0.6) is 0 Å². The van der Waals surface area contributed by atoms with Crippen LogP contribution in [0.2, 0.25) is 5.02 Å². The van der Waals surface area contributed by atoms with E-state index >= 15 is 0 Å². The van der Waals surface area contributed by atoms with Crippen molar-refractivity contribution < 1.29 is 19.2 Å². The Hall–Kier alpha value is -2.93. The number of ether oxygens (including phenoxy) is 1. The maximum absolute atomic E-state index is 12.5. The molecule has 0 aliphatic carbocycles. The Morgan fingerprint density at radius 1 is 1.11 bits per heavy atom. The van der Waals surface area contributed by atoms with E-state index in [1.165, 1.54) is 6.07 Å².